The van der Waals surface area contributed by atoms with Crippen LogP contribution in [0.15, 0.2) is 4.47 Å². The van der Waals surface area contributed by atoms with Crippen LogP contribution >= 0.6 is 15.9 Å². The molecule has 134 valence electrons. The lowest BCUT2D eigenvalue weighted by Gasteiger charge is -2.29. The van der Waals surface area contributed by atoms with Crippen molar-refractivity contribution in [2.24, 2.45) is 17.8 Å². The third kappa shape index (κ3) is 3.11. The molecule has 1 amide bonds. The molecule has 1 heterocycles. The molecule has 1 aromatic heterocycles. The molecule has 4 nitrogen and oxygen atoms in total. The van der Waals surface area contributed by atoms with Gasteiger partial charge in [0, 0.05) is 6.04 Å². The van der Waals surface area contributed by atoms with Gasteiger partial charge in [-0.3, -0.25) is 9.48 Å². The van der Waals surface area contributed by atoms with Gasteiger partial charge >= 0.3 is 0 Å². The topological polar surface area (TPSA) is 46.9 Å². The first-order chi connectivity index (χ1) is 11.3. The van der Waals surface area contributed by atoms with Gasteiger partial charge in [-0.15, -0.1) is 0 Å². The van der Waals surface area contributed by atoms with Crippen molar-refractivity contribution < 1.29 is 13.6 Å². The Bertz CT molecular complexity index is 634. The van der Waals surface area contributed by atoms with Crippen LogP contribution in [0.1, 0.15) is 63.4 Å². The number of rotatable bonds is 5. The highest BCUT2D eigenvalue weighted by molar-refractivity contribution is 9.10. The van der Waals surface area contributed by atoms with Crippen LogP contribution < -0.4 is 5.32 Å². The van der Waals surface area contributed by atoms with Crippen LogP contribution in [-0.4, -0.2) is 21.7 Å². The van der Waals surface area contributed by atoms with E-state index in [1.807, 2.05) is 0 Å². The fourth-order valence-electron chi connectivity index (χ4n) is 4.51. The van der Waals surface area contributed by atoms with Crippen LogP contribution in [0.4, 0.5) is 8.78 Å². The number of nitrogens with zero attached hydrogens (tertiary/aromatic N) is 2. The Morgan fingerprint density at radius 2 is 2.04 bits per heavy atom. The van der Waals surface area contributed by atoms with Gasteiger partial charge in [-0.25, -0.2) is 8.78 Å². The van der Waals surface area contributed by atoms with Gasteiger partial charge in [0.1, 0.15) is 11.7 Å². The van der Waals surface area contributed by atoms with E-state index in [1.165, 1.54) is 30.4 Å². The van der Waals surface area contributed by atoms with Crippen LogP contribution in [0.25, 0.3) is 0 Å². The molecule has 24 heavy (non-hydrogen) atoms. The first-order valence-electron chi connectivity index (χ1n) is 8.62. The zero-order chi connectivity index (χ0) is 17.6. The molecule has 2 saturated carbocycles. The molecule has 2 bridgehead atoms. The summed E-state index contributed by atoms with van der Waals surface area (Å²) in [6, 6.07) is -0.501. The summed E-state index contributed by atoms with van der Waals surface area (Å²) in [5, 5.41) is 7.02. The fraction of sp³-hybridized carbons (Fsp3) is 0.765. The second kappa shape index (κ2) is 6.73. The molecule has 1 aromatic rings. The highest BCUT2D eigenvalue weighted by Gasteiger charge is 2.42. The highest BCUT2D eigenvalue weighted by Crippen LogP contribution is 2.49. The molecule has 1 N–H and O–H groups in total. The minimum Gasteiger partial charge on any atom is -0.352 e. The molecule has 3 rings (SSSR count). The summed E-state index contributed by atoms with van der Waals surface area (Å²) < 4.78 is 27.6. The van der Waals surface area contributed by atoms with Crippen LogP contribution in [-0.2, 0) is 4.79 Å². The standard InChI is InChI=1S/C17H24BrF2N3O/c1-8(13-7-11-4-5-12(13)6-11)21-17(24)10(3)23-9(2)14(18)15(22-23)16(19)20/h8,10-13,16H,4-7H2,1-3H3,(H,21,24)/t8-,10+,11-,12-,13+/m1/s1. The Kier molecular flexibility index (Phi) is 5.00. The van der Waals surface area contributed by atoms with Gasteiger partial charge in [0.2, 0.25) is 5.91 Å². The summed E-state index contributed by atoms with van der Waals surface area (Å²) in [7, 11) is 0. The monoisotopic (exact) mass is 403 g/mol. The van der Waals surface area contributed by atoms with Crippen molar-refractivity contribution in [1.82, 2.24) is 15.1 Å². The van der Waals surface area contributed by atoms with Crippen molar-refractivity contribution in [3.05, 3.63) is 15.9 Å². The Morgan fingerprint density at radius 3 is 2.54 bits per heavy atom. The summed E-state index contributed by atoms with van der Waals surface area (Å²) in [4.78, 5) is 12.6. The maximum atomic E-state index is 13.0. The van der Waals surface area contributed by atoms with Gasteiger partial charge in [-0.05, 0) is 73.7 Å². The van der Waals surface area contributed by atoms with E-state index < -0.39 is 12.5 Å². The largest absolute Gasteiger partial charge is 0.352 e. The van der Waals surface area contributed by atoms with Crippen LogP contribution in [0, 0.1) is 24.7 Å². The summed E-state index contributed by atoms with van der Waals surface area (Å²) in [5.41, 5.74) is 0.230. The smallest absolute Gasteiger partial charge is 0.283 e. The van der Waals surface area contributed by atoms with Crippen molar-refractivity contribution in [2.75, 3.05) is 0 Å². The van der Waals surface area contributed by atoms with E-state index in [0.29, 0.717) is 11.6 Å². The first-order valence-corrected chi connectivity index (χ1v) is 9.41. The normalized spacial score (nSPS) is 28.4. The first kappa shape index (κ1) is 17.8. The number of halogens is 3. The molecule has 0 radical (unpaired) electrons. The summed E-state index contributed by atoms with van der Waals surface area (Å²) in [6.45, 7) is 5.45. The molecule has 2 fully saturated rings. The van der Waals surface area contributed by atoms with Gasteiger partial charge < -0.3 is 5.32 Å². The predicted octanol–water partition coefficient (Wildman–Crippen LogP) is 4.39. The number of fused-ring (bicyclic) bond motifs is 2. The lowest BCUT2D eigenvalue weighted by molar-refractivity contribution is -0.125. The third-order valence-electron chi connectivity index (χ3n) is 5.86. The average molecular weight is 404 g/mol. The Morgan fingerprint density at radius 1 is 1.33 bits per heavy atom. The number of nitrogens with one attached hydrogen (secondary N) is 1. The van der Waals surface area contributed by atoms with Crippen LogP contribution in [0.2, 0.25) is 0 Å². The van der Waals surface area contributed by atoms with Crippen LogP contribution in [0.3, 0.4) is 0 Å². The maximum Gasteiger partial charge on any atom is 0.283 e. The number of alkyl halides is 2. The van der Waals surface area contributed by atoms with E-state index in [4.69, 9.17) is 0 Å². The lowest BCUT2D eigenvalue weighted by atomic mass is 9.84. The molecular formula is C17H24BrF2N3O. The molecule has 2 aliphatic carbocycles. The van der Waals surface area contributed by atoms with Crippen molar-refractivity contribution in [3.63, 3.8) is 0 Å². The lowest BCUT2D eigenvalue weighted by Crippen LogP contribution is -2.43. The molecule has 2 aliphatic rings. The molecular weight excluding hydrogens is 380 g/mol. The molecule has 0 unspecified atom stereocenters. The van der Waals surface area contributed by atoms with E-state index in [0.717, 1.165) is 11.8 Å². The minimum atomic E-state index is -2.66. The van der Waals surface area contributed by atoms with Gasteiger partial charge in [-0.2, -0.15) is 5.10 Å². The number of hydrogen-bond donors (Lipinski definition) is 1. The molecule has 7 heteroatoms. The molecule has 0 saturated heterocycles. The summed E-state index contributed by atoms with van der Waals surface area (Å²) >= 11 is 3.15. The van der Waals surface area contributed by atoms with Gasteiger partial charge in [0.15, 0.2) is 0 Å². The van der Waals surface area contributed by atoms with E-state index in [-0.39, 0.29) is 22.1 Å². The predicted molar refractivity (Wildman–Crippen MR) is 90.9 cm³/mol. The Balaban J connectivity index is 1.68. The zero-order valence-corrected chi connectivity index (χ0v) is 15.8. The Hall–Kier alpha value is -0.980. The number of aromatic nitrogens is 2. The van der Waals surface area contributed by atoms with Gasteiger partial charge in [0.25, 0.3) is 6.43 Å². The molecule has 5 atom stereocenters. The van der Waals surface area contributed by atoms with Gasteiger partial charge in [0.05, 0.1) is 10.2 Å². The molecule has 0 aliphatic heterocycles. The van der Waals surface area contributed by atoms with E-state index >= 15 is 0 Å². The van der Waals surface area contributed by atoms with Crippen molar-refractivity contribution >= 4 is 21.8 Å². The van der Waals surface area contributed by atoms with Gasteiger partial charge in [-0.1, -0.05) is 6.42 Å². The third-order valence-corrected chi connectivity index (χ3v) is 6.84. The van der Waals surface area contributed by atoms with E-state index in [9.17, 15) is 13.6 Å². The summed E-state index contributed by atoms with van der Waals surface area (Å²) in [5.74, 6) is 1.94. The summed E-state index contributed by atoms with van der Waals surface area (Å²) in [6.07, 6.45) is 2.43. The molecule has 0 spiro atoms. The SMILES string of the molecule is Cc1c(Br)c(C(F)F)nn1[C@@H](C)C(=O)N[C@H](C)[C@@H]1C[C@@H]2CC[C@@H]1C2. The van der Waals surface area contributed by atoms with Crippen molar-refractivity contribution in [2.45, 2.75) is 65.0 Å². The molecule has 0 aromatic carbocycles. The van der Waals surface area contributed by atoms with Crippen molar-refractivity contribution in [1.29, 1.82) is 0 Å². The second-order valence-electron chi connectivity index (χ2n) is 7.34. The number of carbonyl (C=O) groups is 1. The second-order valence-corrected chi connectivity index (χ2v) is 8.13. The van der Waals surface area contributed by atoms with Crippen molar-refractivity contribution in [3.8, 4) is 0 Å². The number of hydrogen-bond acceptors (Lipinski definition) is 2. The van der Waals surface area contributed by atoms with E-state index in [2.05, 4.69) is 33.3 Å². The maximum absolute atomic E-state index is 13.0. The van der Waals surface area contributed by atoms with Crippen LogP contribution in [0.5, 0.6) is 0 Å². The fourth-order valence-corrected chi connectivity index (χ4v) is 4.94. The van der Waals surface area contributed by atoms with E-state index in [1.54, 1.807) is 13.8 Å². The number of amides is 1. The highest BCUT2D eigenvalue weighted by atomic mass is 79.9. The quantitative estimate of drug-likeness (QED) is 0.791. The average Bonchev–Trinajstić information content (AvgIpc) is 3.22. The zero-order valence-electron chi connectivity index (χ0n) is 14.2. The minimum absolute atomic E-state index is 0.115. The Labute approximate surface area is 149 Å². The number of carbonyl (C=O) groups excluding carboxylic acids is 1.